The second kappa shape index (κ2) is 6.01. The largest absolute Gasteiger partial charge is 0.344 e. The van der Waals surface area contributed by atoms with E-state index in [1.54, 1.807) is 12.4 Å². The van der Waals surface area contributed by atoms with Gasteiger partial charge < -0.3 is 9.84 Å². The molecule has 2 heterocycles. The number of hydrogen-bond acceptors (Lipinski definition) is 6. The summed E-state index contributed by atoms with van der Waals surface area (Å²) in [6, 6.07) is 9.48. The zero-order chi connectivity index (χ0) is 14.7. The first kappa shape index (κ1) is 13.7. The van der Waals surface area contributed by atoms with Crippen molar-refractivity contribution in [1.82, 2.24) is 20.1 Å². The monoisotopic (exact) mass is 345 g/mol. The van der Waals surface area contributed by atoms with Crippen molar-refractivity contribution in [3.63, 3.8) is 0 Å². The summed E-state index contributed by atoms with van der Waals surface area (Å²) in [5.74, 6) is 1.56. The second-order valence-electron chi connectivity index (χ2n) is 4.41. The van der Waals surface area contributed by atoms with Gasteiger partial charge >= 0.3 is 0 Å². The molecule has 0 radical (unpaired) electrons. The van der Waals surface area contributed by atoms with E-state index in [9.17, 15) is 0 Å². The highest BCUT2D eigenvalue weighted by Crippen LogP contribution is 2.20. The van der Waals surface area contributed by atoms with Crippen molar-refractivity contribution in [3.05, 3.63) is 53.0 Å². The van der Waals surface area contributed by atoms with E-state index in [0.717, 1.165) is 10.0 Å². The molecule has 1 aromatic carbocycles. The number of rotatable bonds is 4. The zero-order valence-corrected chi connectivity index (χ0v) is 12.8. The average Bonchev–Trinajstić information content (AvgIpc) is 3.00. The van der Waals surface area contributed by atoms with E-state index in [0.29, 0.717) is 17.7 Å². The topological polar surface area (TPSA) is 76.7 Å². The maximum atomic E-state index is 5.28. The number of nitrogens with one attached hydrogen (secondary N) is 1. The molecule has 0 saturated heterocycles. The van der Waals surface area contributed by atoms with E-state index in [1.807, 2.05) is 37.3 Å². The van der Waals surface area contributed by atoms with Crippen LogP contribution in [0.2, 0.25) is 0 Å². The molecule has 0 spiro atoms. The molecule has 3 aromatic rings. The molecule has 2 aromatic heterocycles. The van der Waals surface area contributed by atoms with Crippen LogP contribution in [0.15, 0.2) is 51.7 Å². The first-order valence-electron chi connectivity index (χ1n) is 6.35. The maximum Gasteiger partial charge on any atom is 0.257 e. The molecule has 0 fully saturated rings. The van der Waals surface area contributed by atoms with Crippen LogP contribution in [-0.4, -0.2) is 20.1 Å². The molecular weight excluding hydrogens is 334 g/mol. The van der Waals surface area contributed by atoms with Crippen molar-refractivity contribution >= 4 is 21.9 Å². The van der Waals surface area contributed by atoms with Crippen molar-refractivity contribution in [2.45, 2.75) is 13.0 Å². The van der Waals surface area contributed by atoms with Crippen LogP contribution in [0.5, 0.6) is 0 Å². The van der Waals surface area contributed by atoms with E-state index in [-0.39, 0.29) is 6.04 Å². The quantitative estimate of drug-likeness (QED) is 0.780. The zero-order valence-electron chi connectivity index (χ0n) is 11.2. The molecule has 1 unspecified atom stereocenters. The van der Waals surface area contributed by atoms with Gasteiger partial charge in [0, 0.05) is 18.0 Å². The predicted octanol–water partition coefficient (Wildman–Crippen LogP) is 3.46. The normalized spacial score (nSPS) is 12.1. The lowest BCUT2D eigenvalue weighted by Gasteiger charge is -2.08. The van der Waals surface area contributed by atoms with Gasteiger partial charge in [-0.05, 0) is 35.0 Å². The molecule has 0 aliphatic heterocycles. The summed E-state index contributed by atoms with van der Waals surface area (Å²) in [5, 5.41) is 7.11. The Kier molecular flexibility index (Phi) is 3.92. The van der Waals surface area contributed by atoms with Gasteiger partial charge in [0.1, 0.15) is 0 Å². The van der Waals surface area contributed by atoms with Crippen molar-refractivity contribution < 1.29 is 4.52 Å². The van der Waals surface area contributed by atoms with Crippen molar-refractivity contribution in [2.75, 3.05) is 5.32 Å². The van der Waals surface area contributed by atoms with Crippen LogP contribution < -0.4 is 5.32 Å². The minimum Gasteiger partial charge on any atom is -0.344 e. The molecule has 3 rings (SSSR count). The number of anilines is 1. The van der Waals surface area contributed by atoms with Crippen LogP contribution >= 0.6 is 15.9 Å². The van der Waals surface area contributed by atoms with Gasteiger partial charge in [-0.15, -0.1) is 0 Å². The molecule has 1 N–H and O–H groups in total. The fourth-order valence-electron chi connectivity index (χ4n) is 1.75. The van der Waals surface area contributed by atoms with Crippen molar-refractivity contribution in [2.24, 2.45) is 0 Å². The molecule has 7 heteroatoms. The van der Waals surface area contributed by atoms with Gasteiger partial charge in [-0.1, -0.05) is 23.4 Å². The second-order valence-corrected chi connectivity index (χ2v) is 5.33. The van der Waals surface area contributed by atoms with E-state index in [4.69, 9.17) is 4.52 Å². The Morgan fingerprint density at radius 2 is 1.86 bits per heavy atom. The molecule has 0 aliphatic rings. The summed E-state index contributed by atoms with van der Waals surface area (Å²) in [4.78, 5) is 12.7. The Hall–Kier alpha value is -2.28. The maximum absolute atomic E-state index is 5.28. The highest BCUT2D eigenvalue weighted by Gasteiger charge is 2.15. The summed E-state index contributed by atoms with van der Waals surface area (Å²) >= 11 is 3.29. The third-order valence-corrected chi connectivity index (χ3v) is 3.23. The number of benzene rings is 1. The lowest BCUT2D eigenvalue weighted by molar-refractivity contribution is 0.419. The van der Waals surface area contributed by atoms with Crippen LogP contribution in [0, 0.1) is 0 Å². The Labute approximate surface area is 129 Å². The van der Waals surface area contributed by atoms with Crippen molar-refractivity contribution in [1.29, 1.82) is 0 Å². The molecule has 0 aliphatic carbocycles. The Morgan fingerprint density at radius 3 is 2.57 bits per heavy atom. The number of aromatic nitrogens is 4. The smallest absolute Gasteiger partial charge is 0.257 e. The molecule has 21 heavy (non-hydrogen) atoms. The van der Waals surface area contributed by atoms with E-state index in [1.165, 1.54) is 0 Å². The highest BCUT2D eigenvalue weighted by atomic mass is 79.9. The Bertz CT molecular complexity index is 714. The molecule has 0 amide bonds. The first-order valence-corrected chi connectivity index (χ1v) is 7.15. The minimum atomic E-state index is -0.160. The summed E-state index contributed by atoms with van der Waals surface area (Å²) in [7, 11) is 0. The van der Waals surface area contributed by atoms with Gasteiger partial charge in [0.2, 0.25) is 5.95 Å². The molecule has 6 nitrogen and oxygen atoms in total. The standard InChI is InChI=1S/C14H12BrN5O/c1-9(18-14-16-7-11(15)8-17-14)12-19-13(21-20-12)10-5-3-2-4-6-10/h2-9H,1H3,(H,16,17,18). The Morgan fingerprint density at radius 1 is 1.14 bits per heavy atom. The average molecular weight is 346 g/mol. The fourth-order valence-corrected chi connectivity index (χ4v) is 1.96. The summed E-state index contributed by atoms with van der Waals surface area (Å²) < 4.78 is 6.10. The van der Waals surface area contributed by atoms with Gasteiger partial charge in [-0.3, -0.25) is 0 Å². The van der Waals surface area contributed by atoms with Crippen LogP contribution in [0.4, 0.5) is 5.95 Å². The van der Waals surface area contributed by atoms with E-state index < -0.39 is 0 Å². The first-order chi connectivity index (χ1) is 10.2. The fraction of sp³-hybridized carbons (Fsp3) is 0.143. The number of nitrogens with zero attached hydrogens (tertiary/aromatic N) is 4. The highest BCUT2D eigenvalue weighted by molar-refractivity contribution is 9.10. The molecule has 1 atom stereocenters. The summed E-state index contributed by atoms with van der Waals surface area (Å²) in [6.07, 6.45) is 3.35. The van der Waals surface area contributed by atoms with Crippen LogP contribution in [-0.2, 0) is 0 Å². The molecule has 0 saturated carbocycles. The van der Waals surface area contributed by atoms with Gasteiger partial charge in [0.25, 0.3) is 5.89 Å². The Balaban J connectivity index is 1.75. The number of halogens is 1. The lowest BCUT2D eigenvalue weighted by atomic mass is 10.2. The van der Waals surface area contributed by atoms with Crippen LogP contribution in [0.25, 0.3) is 11.5 Å². The van der Waals surface area contributed by atoms with E-state index in [2.05, 4.69) is 41.4 Å². The van der Waals surface area contributed by atoms with Crippen LogP contribution in [0.1, 0.15) is 18.8 Å². The number of hydrogen-bond donors (Lipinski definition) is 1. The van der Waals surface area contributed by atoms with Gasteiger partial charge in [-0.25, -0.2) is 9.97 Å². The van der Waals surface area contributed by atoms with Gasteiger partial charge in [0.15, 0.2) is 5.82 Å². The van der Waals surface area contributed by atoms with Crippen molar-refractivity contribution in [3.8, 4) is 11.5 Å². The minimum absolute atomic E-state index is 0.160. The summed E-state index contributed by atoms with van der Waals surface area (Å²) in [5.41, 5.74) is 0.892. The third-order valence-electron chi connectivity index (χ3n) is 2.82. The predicted molar refractivity (Wildman–Crippen MR) is 81.5 cm³/mol. The summed E-state index contributed by atoms with van der Waals surface area (Å²) in [6.45, 7) is 1.92. The van der Waals surface area contributed by atoms with Gasteiger partial charge in [0.05, 0.1) is 10.5 Å². The molecule has 106 valence electrons. The lowest BCUT2D eigenvalue weighted by Crippen LogP contribution is -2.10. The SMILES string of the molecule is CC(Nc1ncc(Br)cn1)c1noc(-c2ccccc2)n1. The third kappa shape index (κ3) is 3.25. The van der Waals surface area contributed by atoms with E-state index >= 15 is 0 Å². The van der Waals surface area contributed by atoms with Crippen LogP contribution in [0.3, 0.4) is 0 Å². The van der Waals surface area contributed by atoms with Gasteiger partial charge in [-0.2, -0.15) is 4.98 Å². The molecular formula is C14H12BrN5O. The molecule has 0 bridgehead atoms.